The van der Waals surface area contributed by atoms with E-state index in [0.717, 1.165) is 15.2 Å². The van der Waals surface area contributed by atoms with Gasteiger partial charge in [-0.15, -0.1) is 6.58 Å². The fourth-order valence-electron chi connectivity index (χ4n) is 5.36. The Labute approximate surface area is 269 Å². The molecule has 3 N–H and O–H groups in total. The van der Waals surface area contributed by atoms with Gasteiger partial charge in [0.15, 0.2) is 0 Å². The molecule has 3 fully saturated rings. The number of fused-ring (bicyclic) bond motifs is 1. The van der Waals surface area contributed by atoms with Crippen LogP contribution in [0.1, 0.15) is 46.5 Å². The van der Waals surface area contributed by atoms with Crippen molar-refractivity contribution in [2.45, 2.75) is 75.0 Å². The number of benzene rings is 1. The lowest BCUT2D eigenvalue weighted by molar-refractivity contribution is -0.139. The Morgan fingerprint density at radius 2 is 1.93 bits per heavy atom. The average Bonchev–Trinajstić information content (AvgIpc) is 3.88. The van der Waals surface area contributed by atoms with Gasteiger partial charge in [-0.3, -0.25) is 19.1 Å². The Hall–Kier alpha value is -3.72. The maximum atomic E-state index is 13.8. The van der Waals surface area contributed by atoms with Crippen LogP contribution in [0.25, 0.3) is 10.8 Å². The van der Waals surface area contributed by atoms with Gasteiger partial charge < -0.3 is 25.0 Å². The van der Waals surface area contributed by atoms with E-state index >= 15 is 0 Å². The van der Waals surface area contributed by atoms with Crippen LogP contribution in [-0.4, -0.2) is 83.7 Å². The molecule has 1 aromatic heterocycles. The van der Waals surface area contributed by atoms with E-state index < -0.39 is 74.8 Å². The van der Waals surface area contributed by atoms with Gasteiger partial charge in [-0.1, -0.05) is 28.1 Å². The van der Waals surface area contributed by atoms with Gasteiger partial charge in [0, 0.05) is 28.4 Å². The number of ether oxygens (including phenoxy) is 2. The van der Waals surface area contributed by atoms with Crippen molar-refractivity contribution in [1.29, 1.82) is 0 Å². The van der Waals surface area contributed by atoms with Gasteiger partial charge in [-0.25, -0.2) is 18.2 Å². The van der Waals surface area contributed by atoms with Crippen LogP contribution in [0.3, 0.4) is 0 Å². The van der Waals surface area contributed by atoms with Crippen molar-refractivity contribution >= 4 is 60.5 Å². The van der Waals surface area contributed by atoms with Crippen LogP contribution in [0.15, 0.2) is 47.6 Å². The minimum absolute atomic E-state index is 0.0148. The van der Waals surface area contributed by atoms with E-state index in [-0.39, 0.29) is 19.4 Å². The normalized spacial score (nSPS) is 24.4. The molecule has 0 bridgehead atoms. The number of nitrogens with one attached hydrogen (secondary N) is 3. The molecule has 1 aromatic carbocycles. The smallest absolute Gasteiger partial charge is 0.408 e. The van der Waals surface area contributed by atoms with Gasteiger partial charge in [0.05, 0.1) is 11.8 Å². The summed E-state index contributed by atoms with van der Waals surface area (Å²) in [5.74, 6) is -2.27. The molecule has 242 valence electrons. The van der Waals surface area contributed by atoms with Gasteiger partial charge in [0.25, 0.3) is 5.91 Å². The Balaban J connectivity index is 1.35. The lowest BCUT2D eigenvalue weighted by Gasteiger charge is -2.27. The van der Waals surface area contributed by atoms with Crippen molar-refractivity contribution in [3.8, 4) is 5.88 Å². The number of halogens is 1. The van der Waals surface area contributed by atoms with Crippen LogP contribution in [0.4, 0.5) is 4.79 Å². The van der Waals surface area contributed by atoms with E-state index in [9.17, 15) is 27.6 Å². The number of hydrogen-bond acceptors (Lipinski definition) is 9. The quantitative estimate of drug-likeness (QED) is 0.314. The van der Waals surface area contributed by atoms with Crippen LogP contribution in [0.5, 0.6) is 5.88 Å². The molecular weight excluding hydrogens is 670 g/mol. The van der Waals surface area contributed by atoms with Crippen molar-refractivity contribution in [1.82, 2.24) is 25.2 Å². The minimum atomic E-state index is -3.87. The zero-order chi connectivity index (χ0) is 32.7. The number of amides is 4. The fourth-order valence-corrected chi connectivity index (χ4v) is 7.08. The van der Waals surface area contributed by atoms with Gasteiger partial charge in [0.2, 0.25) is 27.7 Å². The van der Waals surface area contributed by atoms with Crippen molar-refractivity contribution < 1.29 is 37.1 Å². The number of carbonyl (C=O) groups excluding carboxylic acids is 4. The summed E-state index contributed by atoms with van der Waals surface area (Å²) >= 11 is 3.46. The number of rotatable bonds is 10. The van der Waals surface area contributed by atoms with Crippen LogP contribution in [0.2, 0.25) is 0 Å². The largest absolute Gasteiger partial charge is 0.472 e. The summed E-state index contributed by atoms with van der Waals surface area (Å²) in [5.41, 5.74) is -2.30. The van der Waals surface area contributed by atoms with Gasteiger partial charge in [-0.2, -0.15) is 0 Å². The van der Waals surface area contributed by atoms with E-state index in [1.165, 1.54) is 11.0 Å². The summed E-state index contributed by atoms with van der Waals surface area (Å²) < 4.78 is 39.4. The number of aromatic nitrogens is 1. The molecule has 4 amide bonds. The summed E-state index contributed by atoms with van der Waals surface area (Å²) in [6.45, 7) is 8.32. The number of sulfonamides is 1. The summed E-state index contributed by atoms with van der Waals surface area (Å²) in [4.78, 5) is 58.3. The highest BCUT2D eigenvalue weighted by Gasteiger charge is 2.62. The molecule has 5 rings (SSSR count). The molecule has 1 saturated heterocycles. The van der Waals surface area contributed by atoms with Crippen LogP contribution >= 0.6 is 15.9 Å². The lowest BCUT2D eigenvalue weighted by Crippen LogP contribution is -2.57. The summed E-state index contributed by atoms with van der Waals surface area (Å²) in [7, 11) is -3.87. The summed E-state index contributed by atoms with van der Waals surface area (Å²) in [5, 5.41) is 6.12. The van der Waals surface area contributed by atoms with Crippen molar-refractivity contribution in [2.75, 3.05) is 13.1 Å². The van der Waals surface area contributed by atoms with Crippen LogP contribution in [-0.2, 0) is 29.1 Å². The number of likely N-dealkylation sites (tertiary alicyclic amines) is 1. The second-order valence-corrected chi connectivity index (χ2v) is 15.4. The maximum Gasteiger partial charge on any atom is 0.408 e. The van der Waals surface area contributed by atoms with E-state index in [1.807, 2.05) is 24.3 Å². The number of carbonyl (C=O) groups is 4. The lowest BCUT2D eigenvalue weighted by atomic mass is 10.1. The zero-order valence-corrected chi connectivity index (χ0v) is 27.6. The van der Waals surface area contributed by atoms with E-state index in [0.29, 0.717) is 18.7 Å². The fraction of sp³-hybridized carbons (Fsp3) is 0.500. The molecular formula is C30H36BrN5O8S. The molecule has 0 unspecified atom stereocenters. The molecule has 3 aliphatic rings. The van der Waals surface area contributed by atoms with Gasteiger partial charge >= 0.3 is 6.09 Å². The predicted octanol–water partition coefficient (Wildman–Crippen LogP) is 2.54. The highest BCUT2D eigenvalue weighted by molar-refractivity contribution is 9.10. The van der Waals surface area contributed by atoms with Crippen LogP contribution < -0.4 is 20.1 Å². The number of alkyl carbamates (subject to hydrolysis) is 1. The molecule has 2 aromatic rings. The molecule has 1 aliphatic heterocycles. The topological polar surface area (TPSA) is 173 Å². The monoisotopic (exact) mass is 705 g/mol. The third-order valence-corrected chi connectivity index (χ3v) is 10.2. The Morgan fingerprint density at radius 3 is 2.58 bits per heavy atom. The maximum absolute atomic E-state index is 13.8. The molecule has 13 nitrogen and oxygen atoms in total. The number of hydrogen-bond donors (Lipinski definition) is 3. The third kappa shape index (κ3) is 7.40. The first-order chi connectivity index (χ1) is 21.1. The molecule has 15 heteroatoms. The Kier molecular flexibility index (Phi) is 8.88. The summed E-state index contributed by atoms with van der Waals surface area (Å²) in [6.07, 6.45) is 2.75. The molecule has 2 saturated carbocycles. The molecule has 2 aliphatic carbocycles. The average molecular weight is 707 g/mol. The second-order valence-electron chi connectivity index (χ2n) is 12.6. The molecule has 2 heterocycles. The highest BCUT2D eigenvalue weighted by atomic mass is 79.9. The standard InChI is InChI=1S/C30H36BrN5O8S/c1-5-18-14-30(18,27(39)35-45(41,42)21-8-9-21)34-25(38)23-13-20(16-36(23)24(37)15-33-28(40)44-29(2,3)4)43-26-22-12-19(31)7-6-17(22)10-11-32-26/h5-7,10-12,18,20-21,23H,1,8-9,13-16H2,2-4H3,(H,33,40)(H,34,38)(H,35,39)/t18-,20-,23+,30-/m1/s1. The first-order valence-corrected chi connectivity index (χ1v) is 16.9. The van der Waals surface area contributed by atoms with Crippen molar-refractivity contribution in [3.05, 3.63) is 47.6 Å². The minimum Gasteiger partial charge on any atom is -0.472 e. The van der Waals surface area contributed by atoms with Gasteiger partial charge in [0.1, 0.15) is 29.8 Å². The Morgan fingerprint density at radius 1 is 1.20 bits per heavy atom. The predicted molar refractivity (Wildman–Crippen MR) is 167 cm³/mol. The van der Waals surface area contributed by atoms with E-state index in [2.05, 4.69) is 42.8 Å². The molecule has 0 radical (unpaired) electrons. The third-order valence-electron chi connectivity index (χ3n) is 7.89. The van der Waals surface area contributed by atoms with E-state index in [1.54, 1.807) is 27.0 Å². The molecule has 0 spiro atoms. The zero-order valence-electron chi connectivity index (χ0n) is 25.2. The number of nitrogens with zero attached hydrogens (tertiary/aromatic N) is 2. The molecule has 4 atom stereocenters. The Bertz CT molecular complexity index is 1660. The molecule has 45 heavy (non-hydrogen) atoms. The van der Waals surface area contributed by atoms with Crippen molar-refractivity contribution in [3.63, 3.8) is 0 Å². The van der Waals surface area contributed by atoms with Gasteiger partial charge in [-0.05, 0) is 63.6 Å². The SMILES string of the molecule is C=C[C@@H]1C[C@]1(NC(=O)[C@@H]1C[C@@H](Oc2nccc3ccc(Br)cc23)CN1C(=O)CNC(=O)OC(C)(C)C)C(=O)NS(=O)(=O)C1CC1. The van der Waals surface area contributed by atoms with Crippen LogP contribution in [0, 0.1) is 5.92 Å². The highest BCUT2D eigenvalue weighted by Crippen LogP contribution is 2.45. The van der Waals surface area contributed by atoms with E-state index in [4.69, 9.17) is 9.47 Å². The number of pyridine rings is 1. The first-order valence-electron chi connectivity index (χ1n) is 14.6. The summed E-state index contributed by atoms with van der Waals surface area (Å²) in [6, 6.07) is 6.37. The second kappa shape index (κ2) is 12.2. The first kappa shape index (κ1) is 32.7. The van der Waals surface area contributed by atoms with Crippen molar-refractivity contribution in [2.24, 2.45) is 5.92 Å².